The molecule has 1 N–H and O–H groups in total. The van der Waals surface area contributed by atoms with E-state index < -0.39 is 0 Å². The van der Waals surface area contributed by atoms with Crippen molar-refractivity contribution >= 4 is 16.8 Å². The molecule has 0 radical (unpaired) electrons. The van der Waals surface area contributed by atoms with Gasteiger partial charge in [0, 0.05) is 5.56 Å². The standard InChI is InChI=1S/C15H14O3/c1-2-12-13-6-4-3-5-10(13)7-14(16)15(12)18-9-11-8-17-11/h2-7,11,16H,1,8-9H2. The molecule has 2 aromatic carbocycles. The lowest BCUT2D eigenvalue weighted by Crippen LogP contribution is -2.05. The fourth-order valence-electron chi connectivity index (χ4n) is 2.04. The molecule has 3 nitrogen and oxygen atoms in total. The van der Waals surface area contributed by atoms with Crippen LogP contribution in [-0.2, 0) is 4.74 Å². The first-order valence-electron chi connectivity index (χ1n) is 5.91. The van der Waals surface area contributed by atoms with Crippen molar-refractivity contribution in [2.24, 2.45) is 0 Å². The minimum Gasteiger partial charge on any atom is -0.504 e. The van der Waals surface area contributed by atoms with E-state index in [1.54, 1.807) is 12.1 Å². The van der Waals surface area contributed by atoms with Gasteiger partial charge in [0.2, 0.25) is 0 Å². The van der Waals surface area contributed by atoms with Crippen molar-refractivity contribution in [1.29, 1.82) is 0 Å². The first kappa shape index (κ1) is 11.1. The smallest absolute Gasteiger partial charge is 0.168 e. The molecule has 3 rings (SSSR count). The first-order chi connectivity index (χ1) is 8.79. The van der Waals surface area contributed by atoms with Crippen LogP contribution in [0.1, 0.15) is 5.56 Å². The minimum absolute atomic E-state index is 0.143. The van der Waals surface area contributed by atoms with E-state index in [4.69, 9.17) is 9.47 Å². The van der Waals surface area contributed by atoms with E-state index in [2.05, 4.69) is 6.58 Å². The Labute approximate surface area is 105 Å². The molecule has 1 aliphatic rings. The second-order valence-electron chi connectivity index (χ2n) is 4.33. The number of epoxide rings is 1. The lowest BCUT2D eigenvalue weighted by molar-refractivity contribution is 0.254. The van der Waals surface area contributed by atoms with Crippen LogP contribution in [0.5, 0.6) is 11.5 Å². The zero-order chi connectivity index (χ0) is 12.5. The SMILES string of the molecule is C=Cc1c(OCC2CO2)c(O)cc2ccccc12. The summed E-state index contributed by atoms with van der Waals surface area (Å²) in [5.74, 6) is 0.628. The van der Waals surface area contributed by atoms with Crippen LogP contribution >= 0.6 is 0 Å². The van der Waals surface area contributed by atoms with Gasteiger partial charge < -0.3 is 14.6 Å². The van der Waals surface area contributed by atoms with Crippen LogP contribution in [-0.4, -0.2) is 24.4 Å². The monoisotopic (exact) mass is 242 g/mol. The van der Waals surface area contributed by atoms with Gasteiger partial charge in [-0.2, -0.15) is 0 Å². The normalized spacial score (nSPS) is 17.7. The predicted octanol–water partition coefficient (Wildman–Crippen LogP) is 2.97. The van der Waals surface area contributed by atoms with Crippen molar-refractivity contribution in [3.8, 4) is 11.5 Å². The van der Waals surface area contributed by atoms with Gasteiger partial charge in [-0.1, -0.05) is 36.9 Å². The second kappa shape index (κ2) is 4.35. The third kappa shape index (κ3) is 1.93. The summed E-state index contributed by atoms with van der Waals surface area (Å²) in [5.41, 5.74) is 0.825. The van der Waals surface area contributed by atoms with E-state index in [9.17, 15) is 5.11 Å². The molecule has 1 saturated heterocycles. The number of fused-ring (bicyclic) bond motifs is 1. The summed E-state index contributed by atoms with van der Waals surface area (Å²) in [6, 6.07) is 9.56. The number of ether oxygens (including phenoxy) is 2. The summed E-state index contributed by atoms with van der Waals surface area (Å²) in [6.07, 6.45) is 1.87. The quantitative estimate of drug-likeness (QED) is 0.838. The lowest BCUT2D eigenvalue weighted by atomic mass is 10.0. The van der Waals surface area contributed by atoms with Gasteiger partial charge >= 0.3 is 0 Å². The third-order valence-corrected chi connectivity index (χ3v) is 3.04. The van der Waals surface area contributed by atoms with Crippen LogP contribution in [0, 0.1) is 0 Å². The van der Waals surface area contributed by atoms with Crippen molar-refractivity contribution in [2.45, 2.75) is 6.10 Å². The topological polar surface area (TPSA) is 42.0 Å². The maximum atomic E-state index is 10.0. The molecule has 0 saturated carbocycles. The Bertz CT molecular complexity index is 600. The van der Waals surface area contributed by atoms with Gasteiger partial charge in [0.1, 0.15) is 12.7 Å². The first-order valence-corrected chi connectivity index (χ1v) is 5.91. The van der Waals surface area contributed by atoms with Gasteiger partial charge in [0.25, 0.3) is 0 Å². The van der Waals surface area contributed by atoms with Gasteiger partial charge in [-0.15, -0.1) is 0 Å². The molecule has 3 heteroatoms. The highest BCUT2D eigenvalue weighted by molar-refractivity contribution is 5.94. The van der Waals surface area contributed by atoms with Crippen LogP contribution < -0.4 is 4.74 Å². The highest BCUT2D eigenvalue weighted by Gasteiger charge is 2.24. The van der Waals surface area contributed by atoms with E-state index in [1.807, 2.05) is 24.3 Å². The molecule has 1 unspecified atom stereocenters. The van der Waals surface area contributed by atoms with Crippen LogP contribution in [0.2, 0.25) is 0 Å². The summed E-state index contributed by atoms with van der Waals surface area (Å²) >= 11 is 0. The number of aromatic hydroxyl groups is 1. The largest absolute Gasteiger partial charge is 0.504 e. The van der Waals surface area contributed by atoms with E-state index in [0.717, 1.165) is 22.9 Å². The van der Waals surface area contributed by atoms with Crippen molar-refractivity contribution in [1.82, 2.24) is 0 Å². The predicted molar refractivity (Wildman–Crippen MR) is 70.9 cm³/mol. The molecular formula is C15H14O3. The van der Waals surface area contributed by atoms with Gasteiger partial charge in [-0.05, 0) is 16.8 Å². The van der Waals surface area contributed by atoms with Crippen LogP contribution in [0.25, 0.3) is 16.8 Å². The molecule has 0 bridgehead atoms. The van der Waals surface area contributed by atoms with E-state index in [-0.39, 0.29) is 11.9 Å². The zero-order valence-electron chi connectivity index (χ0n) is 9.93. The molecule has 0 amide bonds. The molecule has 1 fully saturated rings. The summed E-state index contributed by atoms with van der Waals surface area (Å²) in [4.78, 5) is 0. The summed E-state index contributed by atoms with van der Waals surface area (Å²) in [5, 5.41) is 12.0. The van der Waals surface area contributed by atoms with Crippen molar-refractivity contribution in [2.75, 3.05) is 13.2 Å². The Morgan fingerprint density at radius 1 is 1.44 bits per heavy atom. The number of phenolic OH excluding ortho intramolecular Hbond substituents is 1. The fourth-order valence-corrected chi connectivity index (χ4v) is 2.04. The third-order valence-electron chi connectivity index (χ3n) is 3.04. The molecule has 0 aromatic heterocycles. The molecule has 2 aromatic rings. The van der Waals surface area contributed by atoms with E-state index in [0.29, 0.717) is 12.4 Å². The van der Waals surface area contributed by atoms with Gasteiger partial charge in [-0.25, -0.2) is 0 Å². The second-order valence-corrected chi connectivity index (χ2v) is 4.33. The molecule has 0 aliphatic carbocycles. The van der Waals surface area contributed by atoms with Crippen LogP contribution in [0.3, 0.4) is 0 Å². The van der Waals surface area contributed by atoms with Crippen molar-refractivity contribution in [3.05, 3.63) is 42.5 Å². The summed E-state index contributed by atoms with van der Waals surface area (Å²) < 4.78 is 10.7. The average molecular weight is 242 g/mol. The summed E-state index contributed by atoms with van der Waals surface area (Å²) in [6.45, 7) is 5.00. The van der Waals surface area contributed by atoms with Gasteiger partial charge in [0.15, 0.2) is 11.5 Å². The Balaban J connectivity index is 2.09. The maximum absolute atomic E-state index is 10.0. The molecule has 1 atom stereocenters. The van der Waals surface area contributed by atoms with Crippen molar-refractivity contribution < 1.29 is 14.6 Å². The Morgan fingerprint density at radius 3 is 2.94 bits per heavy atom. The fraction of sp³-hybridized carbons (Fsp3) is 0.200. The molecule has 0 spiro atoms. The number of hydrogen-bond donors (Lipinski definition) is 1. The highest BCUT2D eigenvalue weighted by atomic mass is 16.6. The number of hydrogen-bond acceptors (Lipinski definition) is 3. The Morgan fingerprint density at radius 2 is 2.22 bits per heavy atom. The van der Waals surface area contributed by atoms with Crippen LogP contribution in [0.15, 0.2) is 36.9 Å². The van der Waals surface area contributed by atoms with Gasteiger partial charge in [0.05, 0.1) is 6.61 Å². The van der Waals surface area contributed by atoms with Crippen molar-refractivity contribution in [3.63, 3.8) is 0 Å². The molecular weight excluding hydrogens is 228 g/mol. The molecule has 18 heavy (non-hydrogen) atoms. The number of benzene rings is 2. The maximum Gasteiger partial charge on any atom is 0.168 e. The highest BCUT2D eigenvalue weighted by Crippen LogP contribution is 2.37. The van der Waals surface area contributed by atoms with Crippen LogP contribution in [0.4, 0.5) is 0 Å². The van der Waals surface area contributed by atoms with Gasteiger partial charge in [-0.3, -0.25) is 0 Å². The van der Waals surface area contributed by atoms with E-state index >= 15 is 0 Å². The zero-order valence-corrected chi connectivity index (χ0v) is 9.93. The molecule has 92 valence electrons. The number of rotatable bonds is 4. The molecule has 1 heterocycles. The summed E-state index contributed by atoms with van der Waals surface area (Å²) in [7, 11) is 0. The lowest BCUT2D eigenvalue weighted by Gasteiger charge is -2.13. The number of phenols is 1. The Hall–Kier alpha value is -2.00. The molecule has 1 aliphatic heterocycles. The minimum atomic E-state index is 0.143. The van der Waals surface area contributed by atoms with E-state index in [1.165, 1.54) is 0 Å². The Kier molecular flexibility index (Phi) is 2.68. The average Bonchev–Trinajstić information content (AvgIpc) is 3.19.